The van der Waals surface area contributed by atoms with Crippen molar-refractivity contribution in [1.29, 1.82) is 0 Å². The summed E-state index contributed by atoms with van der Waals surface area (Å²) >= 11 is 0. The van der Waals surface area contributed by atoms with Crippen molar-refractivity contribution >= 4 is 17.3 Å². The molecule has 1 unspecified atom stereocenters. The molecule has 2 aromatic carbocycles. The van der Waals surface area contributed by atoms with Crippen LogP contribution in [0.15, 0.2) is 48.5 Å². The monoisotopic (exact) mass is 272 g/mol. The Kier molecular flexibility index (Phi) is 4.35. The number of carbonyl (C=O) groups excluding carboxylic acids is 1. The van der Waals surface area contributed by atoms with Gasteiger partial charge in [-0.05, 0) is 30.7 Å². The number of nitrogens with one attached hydrogen (secondary N) is 2. The van der Waals surface area contributed by atoms with E-state index in [1.807, 2.05) is 37.3 Å². The fourth-order valence-corrected chi connectivity index (χ4v) is 1.98. The molecule has 1 amide bonds. The second-order valence-electron chi connectivity index (χ2n) is 4.65. The summed E-state index contributed by atoms with van der Waals surface area (Å²) in [5, 5.41) is 5.75. The number of rotatable bonds is 4. The molecule has 0 aliphatic carbocycles. The van der Waals surface area contributed by atoms with Gasteiger partial charge in [0, 0.05) is 18.7 Å². The lowest BCUT2D eigenvalue weighted by molar-refractivity contribution is -0.114. The molecule has 0 aliphatic rings. The van der Waals surface area contributed by atoms with E-state index in [-0.39, 0.29) is 17.8 Å². The molecule has 2 rings (SSSR count). The smallest absolute Gasteiger partial charge is 0.221 e. The molecule has 2 aromatic rings. The van der Waals surface area contributed by atoms with Gasteiger partial charge in [0.2, 0.25) is 5.91 Å². The van der Waals surface area contributed by atoms with Gasteiger partial charge in [-0.25, -0.2) is 4.39 Å². The maximum atomic E-state index is 13.8. The average molecular weight is 272 g/mol. The lowest BCUT2D eigenvalue weighted by atomic mass is 10.1. The van der Waals surface area contributed by atoms with Crippen LogP contribution < -0.4 is 10.6 Å². The highest BCUT2D eigenvalue weighted by Crippen LogP contribution is 2.24. The van der Waals surface area contributed by atoms with Crippen LogP contribution in [0.1, 0.15) is 25.5 Å². The van der Waals surface area contributed by atoms with Gasteiger partial charge in [0.1, 0.15) is 5.82 Å². The van der Waals surface area contributed by atoms with Gasteiger partial charge in [-0.1, -0.05) is 30.3 Å². The number of hydrogen-bond acceptors (Lipinski definition) is 2. The van der Waals surface area contributed by atoms with Crippen molar-refractivity contribution in [3.8, 4) is 0 Å². The molecule has 1 atom stereocenters. The Morgan fingerprint density at radius 2 is 1.85 bits per heavy atom. The van der Waals surface area contributed by atoms with Gasteiger partial charge in [0.05, 0.1) is 5.69 Å². The van der Waals surface area contributed by atoms with Crippen molar-refractivity contribution in [1.82, 2.24) is 0 Å². The minimum absolute atomic E-state index is 0.0294. The SMILES string of the molecule is CC(=O)Nc1ccc(F)c(NC(C)c2ccccc2)c1. The van der Waals surface area contributed by atoms with E-state index >= 15 is 0 Å². The molecule has 3 nitrogen and oxygen atoms in total. The van der Waals surface area contributed by atoms with Crippen LogP contribution in [0.4, 0.5) is 15.8 Å². The number of anilines is 2. The van der Waals surface area contributed by atoms with E-state index in [9.17, 15) is 9.18 Å². The normalized spacial score (nSPS) is 11.8. The molecule has 0 saturated carbocycles. The summed E-state index contributed by atoms with van der Waals surface area (Å²) in [4.78, 5) is 11.0. The third kappa shape index (κ3) is 3.57. The van der Waals surface area contributed by atoms with Crippen LogP contribution in [-0.4, -0.2) is 5.91 Å². The largest absolute Gasteiger partial charge is 0.376 e. The lowest BCUT2D eigenvalue weighted by Crippen LogP contribution is -2.10. The van der Waals surface area contributed by atoms with Gasteiger partial charge in [-0.15, -0.1) is 0 Å². The summed E-state index contributed by atoms with van der Waals surface area (Å²) in [6, 6.07) is 14.2. The highest BCUT2D eigenvalue weighted by atomic mass is 19.1. The average Bonchev–Trinajstić information content (AvgIpc) is 2.43. The topological polar surface area (TPSA) is 41.1 Å². The van der Waals surface area contributed by atoms with E-state index in [0.29, 0.717) is 11.4 Å². The zero-order valence-electron chi connectivity index (χ0n) is 11.5. The number of amides is 1. The fraction of sp³-hybridized carbons (Fsp3) is 0.188. The molecule has 20 heavy (non-hydrogen) atoms. The summed E-state index contributed by atoms with van der Waals surface area (Å²) in [5.41, 5.74) is 2.01. The zero-order valence-corrected chi connectivity index (χ0v) is 11.5. The fourth-order valence-electron chi connectivity index (χ4n) is 1.98. The number of hydrogen-bond donors (Lipinski definition) is 2. The maximum absolute atomic E-state index is 13.8. The first-order valence-electron chi connectivity index (χ1n) is 6.45. The van der Waals surface area contributed by atoms with Crippen molar-refractivity contribution in [3.63, 3.8) is 0 Å². The molecular weight excluding hydrogens is 255 g/mol. The Balaban J connectivity index is 2.18. The van der Waals surface area contributed by atoms with Gasteiger partial charge in [0.15, 0.2) is 0 Å². The predicted octanol–water partition coefficient (Wildman–Crippen LogP) is 3.96. The van der Waals surface area contributed by atoms with Crippen molar-refractivity contribution in [2.45, 2.75) is 19.9 Å². The number of benzene rings is 2. The molecule has 0 radical (unpaired) electrons. The van der Waals surface area contributed by atoms with Crippen LogP contribution in [0, 0.1) is 5.82 Å². The van der Waals surface area contributed by atoms with Gasteiger partial charge in [-0.3, -0.25) is 4.79 Å². The Morgan fingerprint density at radius 1 is 1.15 bits per heavy atom. The minimum atomic E-state index is -0.345. The maximum Gasteiger partial charge on any atom is 0.221 e. The highest BCUT2D eigenvalue weighted by Gasteiger charge is 2.09. The second-order valence-corrected chi connectivity index (χ2v) is 4.65. The van der Waals surface area contributed by atoms with Crippen LogP contribution in [0.2, 0.25) is 0 Å². The molecule has 0 spiro atoms. The summed E-state index contributed by atoms with van der Waals surface area (Å²) in [6.45, 7) is 3.38. The number of halogens is 1. The van der Waals surface area contributed by atoms with E-state index in [1.54, 1.807) is 6.07 Å². The van der Waals surface area contributed by atoms with E-state index in [0.717, 1.165) is 5.56 Å². The minimum Gasteiger partial charge on any atom is -0.376 e. The molecule has 104 valence electrons. The quantitative estimate of drug-likeness (QED) is 0.884. The Bertz CT molecular complexity index is 599. The third-order valence-corrected chi connectivity index (χ3v) is 2.96. The molecule has 0 heterocycles. The molecule has 0 aliphatic heterocycles. The predicted molar refractivity (Wildman–Crippen MR) is 79.2 cm³/mol. The van der Waals surface area contributed by atoms with Crippen molar-refractivity contribution < 1.29 is 9.18 Å². The van der Waals surface area contributed by atoms with Gasteiger partial charge >= 0.3 is 0 Å². The van der Waals surface area contributed by atoms with Crippen LogP contribution in [0.5, 0.6) is 0 Å². The molecule has 2 N–H and O–H groups in total. The van der Waals surface area contributed by atoms with E-state index < -0.39 is 0 Å². The highest BCUT2D eigenvalue weighted by molar-refractivity contribution is 5.89. The standard InChI is InChI=1S/C16H17FN2O/c1-11(13-6-4-3-5-7-13)18-16-10-14(19-12(2)20)8-9-15(16)17/h3-11,18H,1-2H3,(H,19,20). The summed E-state index contributed by atoms with van der Waals surface area (Å²) in [5.74, 6) is -0.527. The first kappa shape index (κ1) is 14.1. The molecule has 0 fully saturated rings. The molecule has 0 aromatic heterocycles. The Hall–Kier alpha value is -2.36. The van der Waals surface area contributed by atoms with Crippen molar-refractivity contribution in [2.24, 2.45) is 0 Å². The van der Waals surface area contributed by atoms with Crippen LogP contribution in [0.3, 0.4) is 0 Å². The van der Waals surface area contributed by atoms with Crippen LogP contribution in [0.25, 0.3) is 0 Å². The molecular formula is C16H17FN2O. The summed E-state index contributed by atoms with van der Waals surface area (Å²) in [6.07, 6.45) is 0. The Morgan fingerprint density at radius 3 is 2.50 bits per heavy atom. The molecule has 4 heteroatoms. The summed E-state index contributed by atoms with van der Waals surface area (Å²) in [7, 11) is 0. The van der Waals surface area contributed by atoms with Gasteiger partial charge < -0.3 is 10.6 Å². The van der Waals surface area contributed by atoms with Crippen molar-refractivity contribution in [3.05, 3.63) is 59.9 Å². The second kappa shape index (κ2) is 6.19. The molecule has 0 saturated heterocycles. The van der Waals surface area contributed by atoms with E-state index in [2.05, 4.69) is 10.6 Å². The van der Waals surface area contributed by atoms with Crippen molar-refractivity contribution in [2.75, 3.05) is 10.6 Å². The first-order chi connectivity index (χ1) is 9.56. The van der Waals surface area contributed by atoms with Gasteiger partial charge in [0.25, 0.3) is 0 Å². The van der Waals surface area contributed by atoms with Gasteiger partial charge in [-0.2, -0.15) is 0 Å². The van der Waals surface area contributed by atoms with Crippen LogP contribution in [-0.2, 0) is 4.79 Å². The van der Waals surface area contributed by atoms with E-state index in [4.69, 9.17) is 0 Å². The first-order valence-corrected chi connectivity index (χ1v) is 6.45. The van der Waals surface area contributed by atoms with Crippen LogP contribution >= 0.6 is 0 Å². The summed E-state index contributed by atoms with van der Waals surface area (Å²) < 4.78 is 13.8. The third-order valence-electron chi connectivity index (χ3n) is 2.96. The zero-order chi connectivity index (χ0) is 14.5. The lowest BCUT2D eigenvalue weighted by Gasteiger charge is -2.17. The molecule has 0 bridgehead atoms. The van der Waals surface area contributed by atoms with E-state index in [1.165, 1.54) is 19.1 Å². The Labute approximate surface area is 117 Å². The number of carbonyl (C=O) groups is 1.